The van der Waals surface area contributed by atoms with Gasteiger partial charge in [0, 0.05) is 29.2 Å². The van der Waals surface area contributed by atoms with E-state index in [1.165, 1.54) is 38.5 Å². The van der Waals surface area contributed by atoms with Gasteiger partial charge in [0.25, 0.3) is 0 Å². The Morgan fingerprint density at radius 1 is 0.964 bits per heavy atom. The molecule has 0 aliphatic carbocycles. The summed E-state index contributed by atoms with van der Waals surface area (Å²) in [4.78, 5) is 25.6. The van der Waals surface area contributed by atoms with Crippen LogP contribution < -0.4 is 14.8 Å². The molecule has 0 fully saturated rings. The van der Waals surface area contributed by atoms with E-state index in [1.54, 1.807) is 17.8 Å². The summed E-state index contributed by atoms with van der Waals surface area (Å²) >= 11 is 1.61. The van der Waals surface area contributed by atoms with Crippen LogP contribution in [0, 0.1) is 13.8 Å². The maximum atomic E-state index is 12.4. The SMILES string of the molecule is COC(=O)c1cc(OC)c(OC)cc1NC(=O)CCSc1ccc(C)c(C)c1. The van der Waals surface area contributed by atoms with Crippen molar-refractivity contribution in [3.63, 3.8) is 0 Å². The third-order valence-corrected chi connectivity index (χ3v) is 5.27. The molecule has 0 radical (unpaired) electrons. The van der Waals surface area contributed by atoms with E-state index in [-0.39, 0.29) is 11.5 Å². The quantitative estimate of drug-likeness (QED) is 0.525. The first kappa shape index (κ1) is 21.6. The van der Waals surface area contributed by atoms with E-state index in [0.717, 1.165) is 4.90 Å². The Balaban J connectivity index is 2.07. The third-order valence-electron chi connectivity index (χ3n) is 4.28. The minimum absolute atomic E-state index is 0.200. The van der Waals surface area contributed by atoms with Gasteiger partial charge >= 0.3 is 5.97 Å². The zero-order chi connectivity index (χ0) is 20.7. The van der Waals surface area contributed by atoms with Crippen molar-refractivity contribution in [2.45, 2.75) is 25.2 Å². The number of nitrogens with one attached hydrogen (secondary N) is 1. The van der Waals surface area contributed by atoms with Crippen LogP contribution in [0.3, 0.4) is 0 Å². The molecule has 0 saturated carbocycles. The maximum absolute atomic E-state index is 12.4. The lowest BCUT2D eigenvalue weighted by atomic mass is 10.1. The molecule has 0 unspecified atom stereocenters. The number of carbonyl (C=O) groups excluding carboxylic acids is 2. The van der Waals surface area contributed by atoms with Crippen LogP contribution in [-0.2, 0) is 9.53 Å². The fourth-order valence-electron chi connectivity index (χ4n) is 2.54. The molecule has 2 rings (SSSR count). The highest BCUT2D eigenvalue weighted by Crippen LogP contribution is 2.34. The van der Waals surface area contributed by atoms with Crippen LogP contribution >= 0.6 is 11.8 Å². The highest BCUT2D eigenvalue weighted by molar-refractivity contribution is 7.99. The van der Waals surface area contributed by atoms with Gasteiger partial charge in [-0.25, -0.2) is 4.79 Å². The molecular formula is C21H25NO5S. The molecule has 150 valence electrons. The minimum Gasteiger partial charge on any atom is -0.493 e. The molecule has 0 aromatic heterocycles. The smallest absolute Gasteiger partial charge is 0.340 e. The lowest BCUT2D eigenvalue weighted by Gasteiger charge is -2.14. The van der Waals surface area contributed by atoms with Crippen molar-refractivity contribution in [3.05, 3.63) is 47.0 Å². The molecule has 0 aliphatic heterocycles. The van der Waals surface area contributed by atoms with E-state index < -0.39 is 5.97 Å². The zero-order valence-corrected chi connectivity index (χ0v) is 17.6. The molecule has 2 aromatic rings. The monoisotopic (exact) mass is 403 g/mol. The molecule has 28 heavy (non-hydrogen) atoms. The number of ether oxygens (including phenoxy) is 3. The number of hydrogen-bond donors (Lipinski definition) is 1. The Bertz CT molecular complexity index is 866. The fourth-order valence-corrected chi connectivity index (χ4v) is 3.49. The molecule has 0 atom stereocenters. The van der Waals surface area contributed by atoms with Crippen molar-refractivity contribution in [1.29, 1.82) is 0 Å². The number of rotatable bonds is 8. The fraction of sp³-hybridized carbons (Fsp3) is 0.333. The average molecular weight is 404 g/mol. The number of amides is 1. The number of carbonyl (C=O) groups is 2. The first-order valence-electron chi connectivity index (χ1n) is 8.73. The van der Waals surface area contributed by atoms with Crippen molar-refractivity contribution in [2.75, 3.05) is 32.4 Å². The minimum atomic E-state index is -0.569. The lowest BCUT2D eigenvalue weighted by molar-refractivity contribution is -0.115. The summed E-state index contributed by atoms with van der Waals surface area (Å²) in [5.74, 6) is 0.644. The summed E-state index contributed by atoms with van der Waals surface area (Å²) in [6.07, 6.45) is 0.298. The Labute approximate surface area is 169 Å². The highest BCUT2D eigenvalue weighted by atomic mass is 32.2. The second kappa shape index (κ2) is 10.0. The van der Waals surface area contributed by atoms with Crippen LogP contribution in [0.5, 0.6) is 11.5 Å². The summed E-state index contributed by atoms with van der Waals surface area (Å²) in [7, 11) is 4.24. The van der Waals surface area contributed by atoms with Crippen LogP contribution in [0.2, 0.25) is 0 Å². The highest BCUT2D eigenvalue weighted by Gasteiger charge is 2.19. The Hall–Kier alpha value is -2.67. The predicted molar refractivity (Wildman–Crippen MR) is 111 cm³/mol. The topological polar surface area (TPSA) is 73.9 Å². The van der Waals surface area contributed by atoms with Crippen molar-refractivity contribution < 1.29 is 23.8 Å². The van der Waals surface area contributed by atoms with Crippen molar-refractivity contribution >= 4 is 29.3 Å². The number of anilines is 1. The third kappa shape index (κ3) is 5.42. The maximum Gasteiger partial charge on any atom is 0.340 e. The van der Waals surface area contributed by atoms with Gasteiger partial charge in [-0.2, -0.15) is 0 Å². The molecular weight excluding hydrogens is 378 g/mol. The van der Waals surface area contributed by atoms with Crippen molar-refractivity contribution in [1.82, 2.24) is 0 Å². The van der Waals surface area contributed by atoms with Gasteiger partial charge < -0.3 is 19.5 Å². The van der Waals surface area contributed by atoms with E-state index in [9.17, 15) is 9.59 Å². The first-order chi connectivity index (χ1) is 13.4. The van der Waals surface area contributed by atoms with Crippen molar-refractivity contribution in [2.24, 2.45) is 0 Å². The molecule has 1 N–H and O–H groups in total. The Morgan fingerprint density at radius 3 is 2.25 bits per heavy atom. The molecule has 0 bridgehead atoms. The van der Waals surface area contributed by atoms with Crippen LogP contribution in [0.1, 0.15) is 27.9 Å². The van der Waals surface area contributed by atoms with Gasteiger partial charge in [-0.05, 0) is 37.1 Å². The van der Waals surface area contributed by atoms with Crippen molar-refractivity contribution in [3.8, 4) is 11.5 Å². The van der Waals surface area contributed by atoms with Crippen LogP contribution in [0.25, 0.3) is 0 Å². The van der Waals surface area contributed by atoms with Gasteiger partial charge in [0.2, 0.25) is 5.91 Å². The second-order valence-electron chi connectivity index (χ2n) is 6.14. The van der Waals surface area contributed by atoms with Gasteiger partial charge in [0.05, 0.1) is 32.6 Å². The molecule has 0 aliphatic rings. The Morgan fingerprint density at radius 2 is 1.64 bits per heavy atom. The molecule has 6 nitrogen and oxygen atoms in total. The van der Waals surface area contributed by atoms with E-state index in [1.807, 2.05) is 0 Å². The van der Waals surface area contributed by atoms with Crippen LogP contribution in [0.15, 0.2) is 35.2 Å². The van der Waals surface area contributed by atoms with E-state index in [4.69, 9.17) is 14.2 Å². The largest absolute Gasteiger partial charge is 0.493 e. The summed E-state index contributed by atoms with van der Waals surface area (Å²) in [6, 6.07) is 9.28. The number of esters is 1. The summed E-state index contributed by atoms with van der Waals surface area (Å²) in [5.41, 5.74) is 2.99. The summed E-state index contributed by atoms with van der Waals surface area (Å²) in [6.45, 7) is 4.14. The lowest BCUT2D eigenvalue weighted by Crippen LogP contribution is -2.16. The van der Waals surface area contributed by atoms with Gasteiger partial charge in [-0.1, -0.05) is 6.07 Å². The molecule has 7 heteroatoms. The molecule has 2 aromatic carbocycles. The predicted octanol–water partition coefficient (Wildman–Crippen LogP) is 4.23. The standard InChI is InChI=1S/C21H25NO5S/c1-13-6-7-15(10-14(13)2)28-9-8-20(23)22-17-12-19(26-4)18(25-3)11-16(17)21(24)27-5/h6-7,10-12H,8-9H2,1-5H3,(H,22,23). The molecule has 0 heterocycles. The van der Waals surface area contributed by atoms with E-state index >= 15 is 0 Å². The Kier molecular flexibility index (Phi) is 7.75. The number of methoxy groups -OCH3 is 3. The van der Waals surface area contributed by atoms with Gasteiger partial charge in [0.1, 0.15) is 0 Å². The number of aryl methyl sites for hydroxylation is 2. The summed E-state index contributed by atoms with van der Waals surface area (Å²) < 4.78 is 15.3. The van der Waals surface area contributed by atoms with Crippen LogP contribution in [0.4, 0.5) is 5.69 Å². The molecule has 0 saturated heterocycles. The van der Waals surface area contributed by atoms with Gasteiger partial charge in [-0.3, -0.25) is 4.79 Å². The number of thioether (sulfide) groups is 1. The zero-order valence-electron chi connectivity index (χ0n) is 16.8. The van der Waals surface area contributed by atoms with Gasteiger partial charge in [0.15, 0.2) is 11.5 Å². The normalized spacial score (nSPS) is 10.3. The van der Waals surface area contributed by atoms with E-state index in [0.29, 0.717) is 29.4 Å². The molecule has 1 amide bonds. The first-order valence-corrected chi connectivity index (χ1v) is 9.72. The number of benzene rings is 2. The second-order valence-corrected chi connectivity index (χ2v) is 7.31. The van der Waals surface area contributed by atoms with Crippen LogP contribution in [-0.4, -0.2) is 39.0 Å². The number of hydrogen-bond acceptors (Lipinski definition) is 6. The van der Waals surface area contributed by atoms with Gasteiger partial charge in [-0.15, -0.1) is 11.8 Å². The molecule has 0 spiro atoms. The van der Waals surface area contributed by atoms with E-state index in [2.05, 4.69) is 37.4 Å². The summed E-state index contributed by atoms with van der Waals surface area (Å²) in [5, 5.41) is 2.77. The average Bonchev–Trinajstić information content (AvgIpc) is 2.69.